The van der Waals surface area contributed by atoms with Gasteiger partial charge in [-0.15, -0.1) is 0 Å². The van der Waals surface area contributed by atoms with Gasteiger partial charge in [-0.2, -0.15) is 5.10 Å². The maximum Gasteiger partial charge on any atom is 0.227 e. The van der Waals surface area contributed by atoms with Gasteiger partial charge < -0.3 is 15.5 Å². The van der Waals surface area contributed by atoms with Crippen molar-refractivity contribution < 1.29 is 0 Å². The highest BCUT2D eigenvalue weighted by Gasteiger charge is 2.51. The standard InChI is InChI=1S/C23H24N8/c1-31-13-23(14-31)8-19(9-23)28-21-7-18(4-5-24-21)29-22-25-10-16-3-2-15(6-20(16)30-22)17-11-26-27-12-17/h2-7,10-12,19H,8-9,13-14H2,1H3,(H,26,27)(H2,24,25,28,29,30). The maximum absolute atomic E-state index is 4.71. The quantitative estimate of drug-likeness (QED) is 0.460. The molecule has 8 nitrogen and oxygen atoms in total. The molecular weight excluding hydrogens is 388 g/mol. The topological polar surface area (TPSA) is 94.7 Å². The first-order valence-electron chi connectivity index (χ1n) is 10.6. The van der Waals surface area contributed by atoms with Crippen molar-refractivity contribution in [3.05, 3.63) is 55.1 Å². The van der Waals surface area contributed by atoms with E-state index in [1.807, 2.05) is 36.8 Å². The number of hydrogen-bond acceptors (Lipinski definition) is 7. The summed E-state index contributed by atoms with van der Waals surface area (Å²) < 4.78 is 0. The number of rotatable bonds is 5. The minimum atomic E-state index is 0.509. The van der Waals surface area contributed by atoms with Crippen LogP contribution in [-0.4, -0.2) is 56.2 Å². The van der Waals surface area contributed by atoms with Crippen molar-refractivity contribution in [3.8, 4) is 11.1 Å². The number of nitrogens with zero attached hydrogens (tertiary/aromatic N) is 5. The van der Waals surface area contributed by atoms with Gasteiger partial charge in [-0.3, -0.25) is 5.10 Å². The van der Waals surface area contributed by atoms with Crippen LogP contribution in [0, 0.1) is 5.41 Å². The number of aromatic amines is 1. The van der Waals surface area contributed by atoms with Crippen LogP contribution in [0.1, 0.15) is 12.8 Å². The molecule has 156 valence electrons. The summed E-state index contributed by atoms with van der Waals surface area (Å²) in [6, 6.07) is 10.6. The molecule has 1 aliphatic heterocycles. The normalized spacial score (nSPS) is 18.0. The van der Waals surface area contributed by atoms with Gasteiger partial charge in [0.1, 0.15) is 5.82 Å². The minimum Gasteiger partial charge on any atom is -0.367 e. The van der Waals surface area contributed by atoms with Crippen LogP contribution in [0.3, 0.4) is 0 Å². The Morgan fingerprint density at radius 3 is 2.77 bits per heavy atom. The number of aromatic nitrogens is 5. The third-order valence-corrected chi connectivity index (χ3v) is 6.35. The molecule has 4 heterocycles. The molecule has 3 N–H and O–H groups in total. The lowest BCUT2D eigenvalue weighted by Gasteiger charge is -2.58. The maximum atomic E-state index is 4.71. The van der Waals surface area contributed by atoms with E-state index in [0.717, 1.165) is 33.5 Å². The zero-order valence-electron chi connectivity index (χ0n) is 17.3. The number of H-pyrrole nitrogens is 1. The minimum absolute atomic E-state index is 0.509. The van der Waals surface area contributed by atoms with Gasteiger partial charge in [0.05, 0.1) is 11.7 Å². The number of likely N-dealkylation sites (tertiary alicyclic amines) is 1. The van der Waals surface area contributed by atoms with Crippen molar-refractivity contribution in [2.75, 3.05) is 30.8 Å². The van der Waals surface area contributed by atoms with E-state index >= 15 is 0 Å². The summed E-state index contributed by atoms with van der Waals surface area (Å²) in [4.78, 5) is 16.1. The fraction of sp³-hybridized carbons (Fsp3) is 0.304. The van der Waals surface area contributed by atoms with Crippen LogP contribution in [0.25, 0.3) is 22.0 Å². The summed E-state index contributed by atoms with van der Waals surface area (Å²) in [5.74, 6) is 1.45. The summed E-state index contributed by atoms with van der Waals surface area (Å²) in [5, 5.41) is 14.8. The molecule has 6 rings (SSSR count). The number of anilines is 3. The van der Waals surface area contributed by atoms with Crippen LogP contribution in [0.5, 0.6) is 0 Å². The van der Waals surface area contributed by atoms with Gasteiger partial charge >= 0.3 is 0 Å². The van der Waals surface area contributed by atoms with Crippen LogP contribution in [0.2, 0.25) is 0 Å². The first-order valence-corrected chi connectivity index (χ1v) is 10.6. The summed E-state index contributed by atoms with van der Waals surface area (Å²) >= 11 is 0. The molecular formula is C23H24N8. The molecule has 1 aliphatic carbocycles. The highest BCUT2D eigenvalue weighted by molar-refractivity contribution is 5.84. The second kappa shape index (κ2) is 7.02. The summed E-state index contributed by atoms with van der Waals surface area (Å²) in [6.45, 7) is 2.45. The van der Waals surface area contributed by atoms with Crippen molar-refractivity contribution in [1.29, 1.82) is 0 Å². The number of pyridine rings is 1. The Morgan fingerprint density at radius 2 is 1.97 bits per heavy atom. The third-order valence-electron chi connectivity index (χ3n) is 6.35. The lowest BCUT2D eigenvalue weighted by molar-refractivity contribution is -0.0513. The molecule has 1 saturated heterocycles. The third kappa shape index (κ3) is 3.48. The Kier molecular flexibility index (Phi) is 4.14. The summed E-state index contributed by atoms with van der Waals surface area (Å²) in [6.07, 6.45) is 9.79. The molecule has 0 amide bonds. The van der Waals surface area contributed by atoms with Gasteiger partial charge in [0.15, 0.2) is 0 Å². The SMILES string of the molecule is CN1CC2(CC(Nc3cc(Nc4ncc5ccc(-c6cn[nH]c6)cc5n4)ccn3)C2)C1. The van der Waals surface area contributed by atoms with Crippen molar-refractivity contribution in [2.24, 2.45) is 5.41 Å². The Bertz CT molecular complexity index is 1220. The number of benzene rings is 1. The fourth-order valence-corrected chi connectivity index (χ4v) is 5.04. The first-order chi connectivity index (χ1) is 15.1. The molecule has 0 bridgehead atoms. The van der Waals surface area contributed by atoms with E-state index in [-0.39, 0.29) is 0 Å². The van der Waals surface area contributed by atoms with Gasteiger partial charge in [0, 0.05) is 60.4 Å². The van der Waals surface area contributed by atoms with Gasteiger partial charge in [-0.1, -0.05) is 12.1 Å². The molecule has 1 aromatic carbocycles. The zero-order valence-corrected chi connectivity index (χ0v) is 17.3. The van der Waals surface area contributed by atoms with Crippen LogP contribution >= 0.6 is 0 Å². The van der Waals surface area contributed by atoms with Gasteiger partial charge in [-0.05, 0) is 43.0 Å². The number of nitrogens with one attached hydrogen (secondary N) is 3. The molecule has 31 heavy (non-hydrogen) atoms. The van der Waals surface area contributed by atoms with Crippen molar-refractivity contribution in [1.82, 2.24) is 30.0 Å². The van der Waals surface area contributed by atoms with E-state index in [0.29, 0.717) is 17.4 Å². The molecule has 0 atom stereocenters. The zero-order chi connectivity index (χ0) is 20.8. The predicted octanol–water partition coefficient (Wildman–Crippen LogP) is 3.66. The summed E-state index contributed by atoms with van der Waals surface area (Å²) in [5.41, 5.74) is 4.45. The van der Waals surface area contributed by atoms with Gasteiger partial charge in [-0.25, -0.2) is 15.0 Å². The van der Waals surface area contributed by atoms with Crippen molar-refractivity contribution in [2.45, 2.75) is 18.9 Å². The molecule has 2 fully saturated rings. The Morgan fingerprint density at radius 1 is 1.06 bits per heavy atom. The molecule has 0 unspecified atom stereocenters. The lowest BCUT2D eigenvalue weighted by atomic mass is 9.61. The number of fused-ring (bicyclic) bond motifs is 1. The molecule has 1 saturated carbocycles. The van der Waals surface area contributed by atoms with Crippen molar-refractivity contribution >= 4 is 28.4 Å². The van der Waals surface area contributed by atoms with Crippen LogP contribution in [-0.2, 0) is 0 Å². The van der Waals surface area contributed by atoms with Gasteiger partial charge in [0.25, 0.3) is 0 Å². The van der Waals surface area contributed by atoms with E-state index in [2.05, 4.69) is 54.9 Å². The largest absolute Gasteiger partial charge is 0.367 e. The first kappa shape index (κ1) is 18.3. The molecule has 3 aromatic heterocycles. The molecule has 8 heteroatoms. The molecule has 0 radical (unpaired) electrons. The highest BCUT2D eigenvalue weighted by Crippen LogP contribution is 2.48. The van der Waals surface area contributed by atoms with Crippen molar-refractivity contribution in [3.63, 3.8) is 0 Å². The average Bonchev–Trinajstić information content (AvgIpc) is 3.26. The second-order valence-electron chi connectivity index (χ2n) is 8.93. The van der Waals surface area contributed by atoms with E-state index < -0.39 is 0 Å². The predicted molar refractivity (Wildman–Crippen MR) is 121 cm³/mol. The monoisotopic (exact) mass is 412 g/mol. The molecule has 4 aromatic rings. The lowest BCUT2D eigenvalue weighted by Crippen LogP contribution is -2.63. The molecule has 2 aliphatic rings. The Labute approximate surface area is 180 Å². The summed E-state index contributed by atoms with van der Waals surface area (Å²) in [7, 11) is 2.19. The van der Waals surface area contributed by atoms with E-state index in [9.17, 15) is 0 Å². The number of hydrogen-bond donors (Lipinski definition) is 3. The van der Waals surface area contributed by atoms with Crippen LogP contribution < -0.4 is 10.6 Å². The highest BCUT2D eigenvalue weighted by atomic mass is 15.2. The van der Waals surface area contributed by atoms with E-state index in [1.54, 1.807) is 6.20 Å². The second-order valence-corrected chi connectivity index (χ2v) is 8.93. The smallest absolute Gasteiger partial charge is 0.227 e. The van der Waals surface area contributed by atoms with Crippen LogP contribution in [0.4, 0.5) is 17.5 Å². The Balaban J connectivity index is 1.17. The Hall–Kier alpha value is -3.52. The van der Waals surface area contributed by atoms with E-state index in [1.165, 1.54) is 25.9 Å². The molecule has 1 spiro atoms. The van der Waals surface area contributed by atoms with Gasteiger partial charge in [0.2, 0.25) is 5.95 Å². The average molecular weight is 413 g/mol. The van der Waals surface area contributed by atoms with Crippen LogP contribution in [0.15, 0.2) is 55.1 Å². The fourth-order valence-electron chi connectivity index (χ4n) is 5.04. The van der Waals surface area contributed by atoms with E-state index in [4.69, 9.17) is 4.98 Å².